The van der Waals surface area contributed by atoms with Gasteiger partial charge in [-0.3, -0.25) is 4.90 Å². The van der Waals surface area contributed by atoms with E-state index >= 15 is 0 Å². The zero-order chi connectivity index (χ0) is 13.0. The number of nitrogens with two attached hydrogens (primary N) is 1. The Balaban J connectivity index is 2.14. The average Bonchev–Trinajstić information content (AvgIpc) is 3.09. The monoisotopic (exact) mass is 268 g/mol. The fraction of sp³-hybridized carbons (Fsp3) is 0.714. The van der Waals surface area contributed by atoms with Crippen LogP contribution >= 0.6 is 11.3 Å². The molecular formula is C14H24N2OS. The fourth-order valence-electron chi connectivity index (χ4n) is 2.45. The van der Waals surface area contributed by atoms with E-state index in [1.807, 2.05) is 11.3 Å². The summed E-state index contributed by atoms with van der Waals surface area (Å²) in [6.07, 6.45) is 3.63. The summed E-state index contributed by atoms with van der Waals surface area (Å²) in [7, 11) is 1.77. The first-order valence-corrected chi connectivity index (χ1v) is 7.69. The first-order chi connectivity index (χ1) is 8.77. The Bertz CT molecular complexity index is 338. The molecule has 2 N–H and O–H groups in total. The van der Waals surface area contributed by atoms with Crippen molar-refractivity contribution in [3.63, 3.8) is 0 Å². The van der Waals surface area contributed by atoms with Crippen molar-refractivity contribution in [2.45, 2.75) is 44.3 Å². The van der Waals surface area contributed by atoms with E-state index in [1.165, 1.54) is 17.7 Å². The number of methoxy groups -OCH3 is 1. The summed E-state index contributed by atoms with van der Waals surface area (Å²) in [5.74, 6) is 0. The summed E-state index contributed by atoms with van der Waals surface area (Å²) in [6.45, 7) is 3.94. The number of thiophene rings is 1. The molecule has 1 aromatic rings. The van der Waals surface area contributed by atoms with Gasteiger partial charge in [0, 0.05) is 30.6 Å². The molecule has 0 aromatic carbocycles. The van der Waals surface area contributed by atoms with E-state index in [1.54, 1.807) is 7.11 Å². The molecule has 0 amide bonds. The molecule has 1 saturated carbocycles. The van der Waals surface area contributed by atoms with Crippen molar-refractivity contribution < 1.29 is 4.74 Å². The minimum atomic E-state index is 0.209. The number of hydrogen-bond acceptors (Lipinski definition) is 4. The van der Waals surface area contributed by atoms with Gasteiger partial charge in [0.2, 0.25) is 0 Å². The van der Waals surface area contributed by atoms with E-state index in [0.29, 0.717) is 12.1 Å². The minimum absolute atomic E-state index is 0.209. The number of ether oxygens (including phenoxy) is 1. The molecule has 0 radical (unpaired) electrons. The Hall–Kier alpha value is -0.420. The normalized spacial score (nSPS) is 19.1. The second-order valence-corrected chi connectivity index (χ2v) is 5.97. The largest absolute Gasteiger partial charge is 0.383 e. The first-order valence-electron chi connectivity index (χ1n) is 6.81. The standard InChI is InChI=1S/C14H24N2OS/c1-3-12(15)14(13-5-4-10-18-13)16(8-9-17-2)11-6-7-11/h4-5,10-12,14H,3,6-9,15H2,1-2H3. The van der Waals surface area contributed by atoms with E-state index < -0.39 is 0 Å². The lowest BCUT2D eigenvalue weighted by Gasteiger charge is -2.34. The maximum absolute atomic E-state index is 6.37. The zero-order valence-electron chi connectivity index (χ0n) is 11.3. The predicted molar refractivity (Wildman–Crippen MR) is 76.9 cm³/mol. The summed E-state index contributed by atoms with van der Waals surface area (Å²) in [6, 6.07) is 5.62. The second kappa shape index (κ2) is 6.66. The Labute approximate surface area is 114 Å². The minimum Gasteiger partial charge on any atom is -0.383 e. The van der Waals surface area contributed by atoms with Crippen LogP contribution in [0.4, 0.5) is 0 Å². The molecule has 1 aromatic heterocycles. The van der Waals surface area contributed by atoms with Crippen LogP contribution in [0.1, 0.15) is 37.1 Å². The summed E-state index contributed by atoms with van der Waals surface area (Å²) in [5.41, 5.74) is 6.37. The molecule has 3 nitrogen and oxygen atoms in total. The van der Waals surface area contributed by atoms with E-state index in [4.69, 9.17) is 10.5 Å². The molecule has 1 aliphatic carbocycles. The number of nitrogens with zero attached hydrogens (tertiary/aromatic N) is 1. The van der Waals surface area contributed by atoms with E-state index in [0.717, 1.165) is 19.6 Å². The lowest BCUT2D eigenvalue weighted by Crippen LogP contribution is -2.43. The van der Waals surface area contributed by atoms with Crippen molar-refractivity contribution >= 4 is 11.3 Å². The first kappa shape index (κ1) is 14.0. The quantitative estimate of drug-likeness (QED) is 0.787. The highest BCUT2D eigenvalue weighted by Gasteiger charge is 2.36. The van der Waals surface area contributed by atoms with Gasteiger partial charge in [-0.1, -0.05) is 13.0 Å². The molecule has 0 spiro atoms. The molecule has 0 saturated heterocycles. The Morgan fingerprint density at radius 2 is 2.33 bits per heavy atom. The molecule has 1 fully saturated rings. The average molecular weight is 268 g/mol. The molecule has 2 atom stereocenters. The van der Waals surface area contributed by atoms with Gasteiger partial charge in [0.15, 0.2) is 0 Å². The van der Waals surface area contributed by atoms with Gasteiger partial charge in [0.05, 0.1) is 12.6 Å². The highest BCUT2D eigenvalue weighted by atomic mass is 32.1. The maximum atomic E-state index is 6.37. The van der Waals surface area contributed by atoms with Gasteiger partial charge in [-0.25, -0.2) is 0 Å². The Morgan fingerprint density at radius 1 is 1.56 bits per heavy atom. The predicted octanol–water partition coefficient (Wildman–Crippen LogP) is 2.64. The van der Waals surface area contributed by atoms with Crippen LogP contribution in [-0.2, 0) is 4.74 Å². The van der Waals surface area contributed by atoms with Crippen molar-refractivity contribution in [3.05, 3.63) is 22.4 Å². The van der Waals surface area contributed by atoms with Gasteiger partial charge in [-0.05, 0) is 30.7 Å². The fourth-order valence-corrected chi connectivity index (χ4v) is 3.38. The molecule has 1 aliphatic rings. The highest BCUT2D eigenvalue weighted by Crippen LogP contribution is 2.37. The molecule has 1 heterocycles. The van der Waals surface area contributed by atoms with E-state index in [2.05, 4.69) is 29.3 Å². The smallest absolute Gasteiger partial charge is 0.0596 e. The third-order valence-electron chi connectivity index (χ3n) is 3.64. The van der Waals surface area contributed by atoms with Gasteiger partial charge in [0.25, 0.3) is 0 Å². The van der Waals surface area contributed by atoms with Crippen LogP contribution < -0.4 is 5.73 Å². The van der Waals surface area contributed by atoms with Crippen LogP contribution in [0.3, 0.4) is 0 Å². The van der Waals surface area contributed by atoms with Crippen molar-refractivity contribution in [1.29, 1.82) is 0 Å². The summed E-state index contributed by atoms with van der Waals surface area (Å²) in [5, 5.41) is 2.14. The third kappa shape index (κ3) is 3.32. The summed E-state index contributed by atoms with van der Waals surface area (Å²) < 4.78 is 5.25. The molecular weight excluding hydrogens is 244 g/mol. The SMILES string of the molecule is CCC(N)C(c1cccs1)N(CCOC)C1CC1. The zero-order valence-corrected chi connectivity index (χ0v) is 12.2. The lowest BCUT2D eigenvalue weighted by atomic mass is 10.0. The highest BCUT2D eigenvalue weighted by molar-refractivity contribution is 7.10. The maximum Gasteiger partial charge on any atom is 0.0596 e. The molecule has 4 heteroatoms. The number of hydrogen-bond donors (Lipinski definition) is 1. The van der Waals surface area contributed by atoms with Crippen molar-refractivity contribution in [2.75, 3.05) is 20.3 Å². The molecule has 0 bridgehead atoms. The van der Waals surface area contributed by atoms with Gasteiger partial charge in [0.1, 0.15) is 0 Å². The van der Waals surface area contributed by atoms with Crippen LogP contribution in [-0.4, -0.2) is 37.2 Å². The van der Waals surface area contributed by atoms with Crippen LogP contribution in [0.25, 0.3) is 0 Å². The van der Waals surface area contributed by atoms with Gasteiger partial charge >= 0.3 is 0 Å². The number of rotatable bonds is 8. The molecule has 2 unspecified atom stereocenters. The van der Waals surface area contributed by atoms with Crippen molar-refractivity contribution in [1.82, 2.24) is 4.90 Å². The third-order valence-corrected chi connectivity index (χ3v) is 4.58. The van der Waals surface area contributed by atoms with Crippen LogP contribution in [0, 0.1) is 0 Å². The molecule has 0 aliphatic heterocycles. The summed E-state index contributed by atoms with van der Waals surface area (Å²) >= 11 is 1.82. The van der Waals surface area contributed by atoms with Crippen molar-refractivity contribution in [2.24, 2.45) is 5.73 Å². The van der Waals surface area contributed by atoms with Gasteiger partial charge in [-0.15, -0.1) is 11.3 Å². The molecule has 2 rings (SSSR count). The van der Waals surface area contributed by atoms with Gasteiger partial charge < -0.3 is 10.5 Å². The molecule has 102 valence electrons. The van der Waals surface area contributed by atoms with Gasteiger partial charge in [-0.2, -0.15) is 0 Å². The van der Waals surface area contributed by atoms with Crippen LogP contribution in [0.15, 0.2) is 17.5 Å². The topological polar surface area (TPSA) is 38.5 Å². The van der Waals surface area contributed by atoms with Crippen LogP contribution in [0.2, 0.25) is 0 Å². The summed E-state index contributed by atoms with van der Waals surface area (Å²) in [4.78, 5) is 3.95. The van der Waals surface area contributed by atoms with E-state index in [9.17, 15) is 0 Å². The lowest BCUT2D eigenvalue weighted by molar-refractivity contribution is 0.102. The molecule has 18 heavy (non-hydrogen) atoms. The Kier molecular flexibility index (Phi) is 5.18. The second-order valence-electron chi connectivity index (χ2n) is 4.99. The Morgan fingerprint density at radius 3 is 2.83 bits per heavy atom. The van der Waals surface area contributed by atoms with Crippen LogP contribution in [0.5, 0.6) is 0 Å². The van der Waals surface area contributed by atoms with E-state index in [-0.39, 0.29) is 6.04 Å². The van der Waals surface area contributed by atoms with Crippen molar-refractivity contribution in [3.8, 4) is 0 Å².